The van der Waals surface area contributed by atoms with Crippen LogP contribution in [0.4, 0.5) is 18.9 Å². The second-order valence-electron chi connectivity index (χ2n) is 5.65. The van der Waals surface area contributed by atoms with Crippen LogP contribution >= 0.6 is 11.8 Å². The fourth-order valence-electron chi connectivity index (χ4n) is 2.65. The van der Waals surface area contributed by atoms with Crippen molar-refractivity contribution >= 4 is 29.1 Å². The molecule has 0 saturated heterocycles. The van der Waals surface area contributed by atoms with Gasteiger partial charge in [-0.3, -0.25) is 0 Å². The van der Waals surface area contributed by atoms with Crippen LogP contribution in [-0.4, -0.2) is 34.7 Å². The molecular weight excluding hydrogens is 315 g/mol. The molecule has 0 bridgehead atoms. The van der Waals surface area contributed by atoms with E-state index in [0.717, 1.165) is 0 Å². The predicted octanol–water partition coefficient (Wildman–Crippen LogP) is 2.49. The average molecular weight is 331 g/mol. The summed E-state index contributed by atoms with van der Waals surface area (Å²) in [7, 11) is 0. The second kappa shape index (κ2) is 5.61. The van der Waals surface area contributed by atoms with Gasteiger partial charge in [-0.15, -0.1) is 11.8 Å². The standard InChI is InChI=1S/C13H16NS.C2HF3O2/c1-9-13(2,3)10-5-4-6-11-12(10)14(9)7-8-15-11;3-2(4,5)1(6)7/h4-6H,7-8H2,1-3H3;(H,6,7)/q+1;/p-1. The Labute approximate surface area is 130 Å². The van der Waals surface area contributed by atoms with Crippen LogP contribution in [0.2, 0.25) is 0 Å². The second-order valence-corrected chi connectivity index (χ2v) is 6.78. The Kier molecular flexibility index (Phi) is 4.30. The zero-order valence-corrected chi connectivity index (χ0v) is 13.3. The zero-order valence-electron chi connectivity index (χ0n) is 12.5. The van der Waals surface area contributed by atoms with Crippen molar-refractivity contribution in [1.29, 1.82) is 0 Å². The Morgan fingerprint density at radius 2 is 1.95 bits per heavy atom. The van der Waals surface area contributed by atoms with E-state index in [1.54, 1.807) is 0 Å². The molecule has 2 aliphatic heterocycles. The lowest BCUT2D eigenvalue weighted by Gasteiger charge is -2.14. The number of hydrogen-bond acceptors (Lipinski definition) is 3. The number of para-hydroxylation sites is 1. The lowest BCUT2D eigenvalue weighted by Crippen LogP contribution is -2.37. The maximum atomic E-state index is 10.5. The summed E-state index contributed by atoms with van der Waals surface area (Å²) in [6.07, 6.45) is -5.19. The molecule has 0 N–H and O–H groups in total. The van der Waals surface area contributed by atoms with Gasteiger partial charge in [0.2, 0.25) is 5.69 Å². The van der Waals surface area contributed by atoms with Gasteiger partial charge in [-0.25, -0.2) is 0 Å². The SMILES string of the molecule is CC1=[N+]2CCSc3cccc(c32)C1(C)C.O=C([O-])C(F)(F)F. The first kappa shape index (κ1) is 16.9. The largest absolute Gasteiger partial charge is 0.542 e. The molecule has 1 aromatic rings. The van der Waals surface area contributed by atoms with E-state index in [0.29, 0.717) is 0 Å². The summed E-state index contributed by atoms with van der Waals surface area (Å²) >= 11 is 1.99. The quantitative estimate of drug-likeness (QED) is 0.686. The Bertz CT molecular complexity index is 651. The van der Waals surface area contributed by atoms with E-state index in [4.69, 9.17) is 9.90 Å². The minimum absolute atomic E-state index is 0.218. The number of carbonyl (C=O) groups excluding carboxylic acids is 1. The van der Waals surface area contributed by atoms with Crippen molar-refractivity contribution in [2.45, 2.75) is 37.3 Å². The molecular formula is C15H16F3NO2S. The third kappa shape index (κ3) is 2.86. The summed E-state index contributed by atoms with van der Waals surface area (Å²) in [5, 5.41) is 8.78. The van der Waals surface area contributed by atoms with Crippen LogP contribution in [0.3, 0.4) is 0 Å². The summed E-state index contributed by atoms with van der Waals surface area (Å²) in [6.45, 7) is 8.12. The highest BCUT2D eigenvalue weighted by atomic mass is 32.2. The molecule has 22 heavy (non-hydrogen) atoms. The van der Waals surface area contributed by atoms with Gasteiger partial charge in [0.15, 0.2) is 12.3 Å². The molecule has 0 amide bonds. The maximum Gasteiger partial charge on any atom is 0.430 e. The molecule has 3 nitrogen and oxygen atoms in total. The number of alkyl halides is 3. The molecule has 3 rings (SSSR count). The van der Waals surface area contributed by atoms with E-state index in [1.807, 2.05) is 11.8 Å². The summed E-state index contributed by atoms with van der Waals surface area (Å²) in [5.74, 6) is -1.79. The number of carboxylic acid groups (broad SMARTS) is 1. The summed E-state index contributed by atoms with van der Waals surface area (Å²) < 4.78 is 34.1. The van der Waals surface area contributed by atoms with Gasteiger partial charge < -0.3 is 9.90 Å². The fraction of sp³-hybridized carbons (Fsp3) is 0.467. The molecule has 0 saturated carbocycles. The Morgan fingerprint density at radius 1 is 1.36 bits per heavy atom. The molecule has 7 heteroatoms. The van der Waals surface area contributed by atoms with Gasteiger partial charge in [0.25, 0.3) is 0 Å². The highest BCUT2D eigenvalue weighted by Crippen LogP contribution is 2.46. The minimum Gasteiger partial charge on any atom is -0.542 e. The molecule has 0 unspecified atom stereocenters. The van der Waals surface area contributed by atoms with E-state index in [-0.39, 0.29) is 5.41 Å². The summed E-state index contributed by atoms with van der Waals surface area (Å²) in [4.78, 5) is 10.2. The van der Waals surface area contributed by atoms with Gasteiger partial charge in [0.1, 0.15) is 5.97 Å². The van der Waals surface area contributed by atoms with E-state index < -0.39 is 12.1 Å². The monoisotopic (exact) mass is 331 g/mol. The number of halogens is 3. The van der Waals surface area contributed by atoms with Crippen molar-refractivity contribution in [3.63, 3.8) is 0 Å². The molecule has 0 radical (unpaired) electrons. The smallest absolute Gasteiger partial charge is 0.430 e. The van der Waals surface area contributed by atoms with Crippen molar-refractivity contribution in [2.75, 3.05) is 12.3 Å². The van der Waals surface area contributed by atoms with Crippen LogP contribution in [0, 0.1) is 0 Å². The van der Waals surface area contributed by atoms with Crippen LogP contribution in [0.25, 0.3) is 0 Å². The number of hydrogen-bond donors (Lipinski definition) is 0. The lowest BCUT2D eigenvalue weighted by molar-refractivity contribution is -0.437. The van der Waals surface area contributed by atoms with Crippen LogP contribution < -0.4 is 5.11 Å². The van der Waals surface area contributed by atoms with Crippen molar-refractivity contribution in [3.8, 4) is 0 Å². The van der Waals surface area contributed by atoms with Gasteiger partial charge in [0, 0.05) is 12.5 Å². The van der Waals surface area contributed by atoms with Gasteiger partial charge in [-0.05, 0) is 19.9 Å². The average Bonchev–Trinajstić information content (AvgIpc) is 2.63. The Balaban J connectivity index is 0.000000217. The third-order valence-electron chi connectivity index (χ3n) is 4.06. The van der Waals surface area contributed by atoms with E-state index in [1.165, 1.54) is 34.2 Å². The summed E-state index contributed by atoms with van der Waals surface area (Å²) in [5.41, 5.74) is 4.71. The van der Waals surface area contributed by atoms with Crippen molar-refractivity contribution in [2.24, 2.45) is 0 Å². The molecule has 2 aliphatic rings. The Hall–Kier alpha value is -1.50. The van der Waals surface area contributed by atoms with E-state index in [9.17, 15) is 13.2 Å². The topological polar surface area (TPSA) is 43.1 Å². The number of rotatable bonds is 0. The molecule has 0 spiro atoms. The van der Waals surface area contributed by atoms with Crippen molar-refractivity contribution < 1.29 is 27.6 Å². The molecule has 0 fully saturated rings. The minimum atomic E-state index is -5.19. The molecule has 120 valence electrons. The molecule has 0 aromatic heterocycles. The van der Waals surface area contributed by atoms with Crippen LogP contribution in [0.5, 0.6) is 0 Å². The first-order chi connectivity index (χ1) is 10.1. The van der Waals surface area contributed by atoms with E-state index >= 15 is 0 Å². The highest BCUT2D eigenvalue weighted by Gasteiger charge is 2.45. The van der Waals surface area contributed by atoms with Gasteiger partial charge in [-0.1, -0.05) is 12.1 Å². The maximum absolute atomic E-state index is 10.5. The molecule has 2 heterocycles. The van der Waals surface area contributed by atoms with Crippen molar-refractivity contribution in [3.05, 3.63) is 23.8 Å². The number of carbonyl (C=O) groups is 1. The predicted molar refractivity (Wildman–Crippen MR) is 76.7 cm³/mol. The Morgan fingerprint density at radius 3 is 2.50 bits per heavy atom. The zero-order chi connectivity index (χ0) is 16.7. The van der Waals surface area contributed by atoms with Gasteiger partial charge in [-0.2, -0.15) is 17.7 Å². The molecule has 1 aromatic carbocycles. The number of aliphatic carboxylic acids is 1. The van der Waals surface area contributed by atoms with Gasteiger partial charge in [0.05, 0.1) is 16.1 Å². The lowest BCUT2D eigenvalue weighted by atomic mass is 9.82. The van der Waals surface area contributed by atoms with E-state index in [2.05, 4.69) is 43.5 Å². The highest BCUT2D eigenvalue weighted by molar-refractivity contribution is 7.99. The van der Waals surface area contributed by atoms with Gasteiger partial charge >= 0.3 is 6.18 Å². The third-order valence-corrected chi connectivity index (χ3v) is 5.08. The van der Waals surface area contributed by atoms with Crippen molar-refractivity contribution in [1.82, 2.24) is 0 Å². The normalized spacial score (nSPS) is 18.5. The summed E-state index contributed by atoms with van der Waals surface area (Å²) in [6, 6.07) is 6.74. The first-order valence-electron chi connectivity index (χ1n) is 6.73. The van der Waals surface area contributed by atoms with Crippen LogP contribution in [0.15, 0.2) is 23.1 Å². The first-order valence-corrected chi connectivity index (χ1v) is 7.71. The van der Waals surface area contributed by atoms with Crippen LogP contribution in [0.1, 0.15) is 26.3 Å². The molecule has 0 aliphatic carbocycles. The molecule has 0 atom stereocenters. The number of thioether (sulfide) groups is 1. The number of carboxylic acids is 1. The number of nitrogens with zero attached hydrogens (tertiary/aromatic N) is 1. The van der Waals surface area contributed by atoms with Crippen LogP contribution in [-0.2, 0) is 10.2 Å². The number of benzene rings is 1. The fourth-order valence-corrected chi connectivity index (χ4v) is 3.67.